The van der Waals surface area contributed by atoms with Crippen molar-refractivity contribution in [3.8, 4) is 5.75 Å². The number of nitrogen functional groups attached to an aromatic ring is 1. The first-order chi connectivity index (χ1) is 16.8. The zero-order chi connectivity index (χ0) is 26.6. The molecule has 1 fully saturated rings. The molecule has 0 saturated carbocycles. The Morgan fingerprint density at radius 1 is 1.26 bits per heavy atom. The van der Waals surface area contributed by atoms with Gasteiger partial charge in [0.05, 0.1) is 0 Å². The number of piperazine rings is 1. The summed E-state index contributed by atoms with van der Waals surface area (Å²) < 4.78 is 12.6. The van der Waals surface area contributed by atoms with Crippen molar-refractivity contribution in [1.29, 1.82) is 0 Å². The molecule has 0 spiro atoms. The summed E-state index contributed by atoms with van der Waals surface area (Å²) in [5.41, 5.74) is 7.78. The first kappa shape index (κ1) is 33.0. The van der Waals surface area contributed by atoms with E-state index in [4.69, 9.17) is 33.3 Å². The van der Waals surface area contributed by atoms with Gasteiger partial charge in [0.1, 0.15) is 0 Å². The van der Waals surface area contributed by atoms with Crippen molar-refractivity contribution in [1.82, 2.24) is 9.80 Å². The van der Waals surface area contributed by atoms with Gasteiger partial charge in [0.25, 0.3) is 0 Å². The number of aldehydes is 1. The van der Waals surface area contributed by atoms with Crippen molar-refractivity contribution >= 4 is 45.5 Å². The number of aliphatic carboxylic acids is 1. The van der Waals surface area contributed by atoms with E-state index in [9.17, 15) is 4.79 Å². The fourth-order valence-electron chi connectivity index (χ4n) is 3.31. The number of aliphatic hydroxyl groups is 1. The van der Waals surface area contributed by atoms with E-state index in [1.54, 1.807) is 0 Å². The van der Waals surface area contributed by atoms with Crippen molar-refractivity contribution < 1.29 is 32.4 Å². The Kier molecular flexibility index (Phi) is 19.1. The number of anilines is 1. The fourth-order valence-corrected chi connectivity index (χ4v) is 5.24. The summed E-state index contributed by atoms with van der Waals surface area (Å²) in [6.07, 6.45) is 3.08. The standard InChI is InChI=1S/C21H36IN3O3.C2H2O3.CH4O/c1-4-6-9-22-28-21(26)16-25-11-10-24(15-17(25)3)12-13-27-20-8-7-19(23)14-18(20)5-2;3-1-2(4)5;1-2/h7-8,14,17,22H,4-6,9-13,15-16,23H2,1-3H3;1H,(H,4,5);2H,1H3. The van der Waals surface area contributed by atoms with Crippen LogP contribution in [0.5, 0.6) is 5.75 Å². The molecule has 10 nitrogen and oxygen atoms in total. The van der Waals surface area contributed by atoms with Crippen LogP contribution < -0.4 is 10.5 Å². The van der Waals surface area contributed by atoms with Gasteiger partial charge in [-0.05, 0) is 18.6 Å². The predicted octanol–water partition coefficient (Wildman–Crippen LogP) is 2.06. The Bertz CT molecular complexity index is 752. The van der Waals surface area contributed by atoms with Crippen LogP contribution in [0.2, 0.25) is 0 Å². The molecule has 0 aliphatic carbocycles. The number of nitrogens with two attached hydrogens (primary N) is 1. The number of rotatable bonds is 12. The number of benzene rings is 1. The number of carbonyl (C=O) groups excluding carboxylic acids is 2. The molecule has 4 N–H and O–H groups in total. The van der Waals surface area contributed by atoms with E-state index in [-0.39, 0.29) is 12.3 Å². The second kappa shape index (κ2) is 20.3. The number of nitrogens with zero attached hydrogens (tertiary/aromatic N) is 2. The Hall–Kier alpha value is -1.96. The van der Waals surface area contributed by atoms with Crippen molar-refractivity contribution in [2.45, 2.75) is 46.1 Å². The number of aliphatic hydroxyl groups excluding tert-OH is 1. The van der Waals surface area contributed by atoms with E-state index in [0.29, 0.717) is 19.2 Å². The maximum Gasteiger partial charge on any atom is 0.368 e. The number of aryl methyl sites for hydroxylation is 1. The minimum absolute atomic E-state index is 0.0439. The molecule has 1 aromatic rings. The van der Waals surface area contributed by atoms with Gasteiger partial charge in [-0.3, -0.25) is 4.79 Å². The number of ether oxygens (including phenoxy) is 1. The summed E-state index contributed by atoms with van der Waals surface area (Å²) in [4.78, 5) is 34.6. The van der Waals surface area contributed by atoms with Gasteiger partial charge < -0.3 is 15.9 Å². The number of alkyl halides is 1. The van der Waals surface area contributed by atoms with Crippen molar-refractivity contribution in [2.24, 2.45) is 0 Å². The molecule has 0 aromatic heterocycles. The van der Waals surface area contributed by atoms with E-state index in [2.05, 4.69) is 30.6 Å². The smallest absolute Gasteiger partial charge is 0.368 e. The molecule has 0 bridgehead atoms. The Labute approximate surface area is 219 Å². The van der Waals surface area contributed by atoms with Gasteiger partial charge in [-0.1, -0.05) is 6.92 Å². The largest absolute Gasteiger partial charge is 0.476 e. The maximum absolute atomic E-state index is 12.0. The minimum Gasteiger partial charge on any atom is -0.476 e. The molecule has 2 rings (SSSR count). The zero-order valence-electron chi connectivity index (χ0n) is 21.3. The predicted molar refractivity (Wildman–Crippen MR) is 146 cm³/mol. The molecule has 1 aromatic carbocycles. The molecule has 1 aliphatic heterocycles. The van der Waals surface area contributed by atoms with Gasteiger partial charge in [0, 0.05) is 12.8 Å². The number of halogens is 1. The normalized spacial score (nSPS) is 15.7. The minimum atomic E-state index is -1.43. The molecule has 1 atom stereocenters. The number of carboxylic acid groups (broad SMARTS) is 1. The van der Waals surface area contributed by atoms with Crippen LogP contribution in [0.15, 0.2) is 18.2 Å². The molecule has 0 amide bonds. The molecule has 202 valence electrons. The summed E-state index contributed by atoms with van der Waals surface area (Å²) in [5, 5.41) is 14.4. The van der Waals surface area contributed by atoms with Crippen LogP contribution in [0, 0.1) is 0 Å². The molecule has 11 heteroatoms. The van der Waals surface area contributed by atoms with Crippen molar-refractivity contribution in [3.63, 3.8) is 0 Å². The molecular formula is C24H42IN3O7. The third-order valence-corrected chi connectivity index (χ3v) is 7.31. The van der Waals surface area contributed by atoms with Crippen LogP contribution in [0.3, 0.4) is 0 Å². The van der Waals surface area contributed by atoms with E-state index in [1.165, 1.54) is 12.8 Å². The summed E-state index contributed by atoms with van der Waals surface area (Å²) in [5.74, 6) is -0.541. The van der Waals surface area contributed by atoms with Crippen molar-refractivity contribution in [2.75, 3.05) is 56.6 Å². The van der Waals surface area contributed by atoms with E-state index < -0.39 is 27.6 Å². The topological polar surface area (TPSA) is 143 Å². The van der Waals surface area contributed by atoms with Gasteiger partial charge in [-0.15, -0.1) is 0 Å². The van der Waals surface area contributed by atoms with Crippen LogP contribution in [0.1, 0.15) is 39.2 Å². The van der Waals surface area contributed by atoms with Crippen LogP contribution in [0.4, 0.5) is 5.69 Å². The molecule has 1 unspecified atom stereocenters. The summed E-state index contributed by atoms with van der Waals surface area (Å²) in [7, 11) is 1.00. The van der Waals surface area contributed by atoms with Gasteiger partial charge in [0.15, 0.2) is 0 Å². The number of carbonyl (C=O) groups is 3. The molecule has 1 saturated heterocycles. The third-order valence-electron chi connectivity index (χ3n) is 5.15. The quantitative estimate of drug-likeness (QED) is 0.0803. The Morgan fingerprint density at radius 2 is 1.94 bits per heavy atom. The first-order valence-electron chi connectivity index (χ1n) is 11.7. The second-order valence-corrected chi connectivity index (χ2v) is 10.1. The number of hydrogen-bond donors (Lipinski definition) is 3. The molecule has 1 heterocycles. The Balaban J connectivity index is 0.00000146. The van der Waals surface area contributed by atoms with Crippen LogP contribution in [0.25, 0.3) is 0 Å². The first-order valence-corrected chi connectivity index (χ1v) is 14.3. The van der Waals surface area contributed by atoms with E-state index in [0.717, 1.165) is 61.1 Å². The van der Waals surface area contributed by atoms with E-state index >= 15 is 0 Å². The van der Waals surface area contributed by atoms with Gasteiger partial charge in [-0.2, -0.15) is 0 Å². The van der Waals surface area contributed by atoms with Crippen LogP contribution >= 0.6 is 21.6 Å². The molecular weight excluding hydrogens is 569 g/mol. The molecule has 0 radical (unpaired) electrons. The number of carboxylic acids is 1. The fraction of sp³-hybridized carbons (Fsp3) is 0.625. The maximum atomic E-state index is 12.0. The van der Waals surface area contributed by atoms with Gasteiger partial charge >= 0.3 is 150 Å². The average Bonchev–Trinajstić information content (AvgIpc) is 2.86. The second-order valence-electron chi connectivity index (χ2n) is 7.78. The molecule has 35 heavy (non-hydrogen) atoms. The average molecular weight is 612 g/mol. The number of hydrogen-bond acceptors (Lipinski definition) is 9. The SMILES string of the molecule is CCCC[IH]OC(=O)CN1CCN(CCOc2ccc(N)cc2CC)CC1C.CO.O=CC(=O)O. The van der Waals surface area contributed by atoms with Gasteiger partial charge in [0.2, 0.25) is 6.29 Å². The third kappa shape index (κ3) is 14.9. The van der Waals surface area contributed by atoms with Crippen LogP contribution in [-0.2, 0) is 23.9 Å². The van der Waals surface area contributed by atoms with Crippen molar-refractivity contribution in [3.05, 3.63) is 23.8 Å². The number of unbranched alkanes of at least 4 members (excludes halogenated alkanes) is 1. The summed E-state index contributed by atoms with van der Waals surface area (Å²) >= 11 is -0.599. The monoisotopic (exact) mass is 611 g/mol. The van der Waals surface area contributed by atoms with E-state index in [1.807, 2.05) is 18.2 Å². The van der Waals surface area contributed by atoms with Crippen LogP contribution in [-0.4, -0.2) is 95.1 Å². The Morgan fingerprint density at radius 3 is 2.51 bits per heavy atom. The zero-order valence-corrected chi connectivity index (χ0v) is 23.6. The summed E-state index contributed by atoms with van der Waals surface area (Å²) in [6, 6.07) is 6.18. The van der Waals surface area contributed by atoms with Gasteiger partial charge in [-0.25, -0.2) is 4.79 Å². The summed E-state index contributed by atoms with van der Waals surface area (Å²) in [6.45, 7) is 11.2. The molecule has 1 aliphatic rings.